The fraction of sp³-hybridized carbons (Fsp3) is 0.600. The SMILES string of the molecule is CCc1ccc(OCC2CCN(C)CC2)cc1. The van der Waals surface area contributed by atoms with Crippen LogP contribution in [0, 0.1) is 5.92 Å². The lowest BCUT2D eigenvalue weighted by atomic mass is 9.98. The van der Waals surface area contributed by atoms with Crippen LogP contribution in [-0.4, -0.2) is 31.6 Å². The number of ether oxygens (including phenoxy) is 1. The van der Waals surface area contributed by atoms with Gasteiger partial charge in [-0.1, -0.05) is 19.1 Å². The van der Waals surface area contributed by atoms with E-state index in [1.165, 1.54) is 31.5 Å². The first-order chi connectivity index (χ1) is 8.28. The number of benzene rings is 1. The minimum atomic E-state index is 0.733. The van der Waals surface area contributed by atoms with Crippen molar-refractivity contribution in [2.24, 2.45) is 5.92 Å². The Morgan fingerprint density at radius 2 is 1.82 bits per heavy atom. The zero-order chi connectivity index (χ0) is 12.1. The van der Waals surface area contributed by atoms with Gasteiger partial charge in [-0.25, -0.2) is 0 Å². The lowest BCUT2D eigenvalue weighted by Crippen LogP contribution is -2.32. The molecule has 94 valence electrons. The Kier molecular flexibility index (Phi) is 4.43. The number of piperidine rings is 1. The first kappa shape index (κ1) is 12.4. The molecule has 1 aromatic rings. The van der Waals surface area contributed by atoms with E-state index in [1.54, 1.807) is 0 Å². The van der Waals surface area contributed by atoms with Gasteiger partial charge in [-0.3, -0.25) is 0 Å². The largest absolute Gasteiger partial charge is 0.493 e. The van der Waals surface area contributed by atoms with Gasteiger partial charge in [0.05, 0.1) is 6.61 Å². The monoisotopic (exact) mass is 233 g/mol. The van der Waals surface area contributed by atoms with E-state index in [0.29, 0.717) is 0 Å². The molecule has 2 nitrogen and oxygen atoms in total. The van der Waals surface area contributed by atoms with Gasteiger partial charge in [0.2, 0.25) is 0 Å². The molecule has 17 heavy (non-hydrogen) atoms. The summed E-state index contributed by atoms with van der Waals surface area (Å²) in [5.74, 6) is 1.75. The summed E-state index contributed by atoms with van der Waals surface area (Å²) in [4.78, 5) is 2.40. The summed E-state index contributed by atoms with van der Waals surface area (Å²) in [6.07, 6.45) is 3.63. The third-order valence-corrected chi connectivity index (χ3v) is 3.66. The molecule has 0 aliphatic carbocycles. The molecule has 2 heteroatoms. The number of aryl methyl sites for hydroxylation is 1. The number of nitrogens with zero attached hydrogens (tertiary/aromatic N) is 1. The third-order valence-electron chi connectivity index (χ3n) is 3.66. The van der Waals surface area contributed by atoms with Gasteiger partial charge in [0, 0.05) is 0 Å². The maximum atomic E-state index is 5.86. The van der Waals surface area contributed by atoms with Crippen molar-refractivity contribution in [3.8, 4) is 5.75 Å². The smallest absolute Gasteiger partial charge is 0.119 e. The van der Waals surface area contributed by atoms with Crippen molar-refractivity contribution in [2.45, 2.75) is 26.2 Å². The molecule has 0 unspecified atom stereocenters. The Bertz CT molecular complexity index is 325. The fourth-order valence-corrected chi connectivity index (χ4v) is 2.26. The van der Waals surface area contributed by atoms with Crippen LogP contribution in [0.3, 0.4) is 0 Å². The molecule has 0 radical (unpaired) electrons. The maximum absolute atomic E-state index is 5.86. The molecule has 0 atom stereocenters. The van der Waals surface area contributed by atoms with Crippen LogP contribution in [0.15, 0.2) is 24.3 Å². The average Bonchev–Trinajstić information content (AvgIpc) is 2.39. The summed E-state index contributed by atoms with van der Waals surface area (Å²) >= 11 is 0. The van der Waals surface area contributed by atoms with Gasteiger partial charge in [0.25, 0.3) is 0 Å². The van der Waals surface area contributed by atoms with Crippen molar-refractivity contribution < 1.29 is 4.74 Å². The van der Waals surface area contributed by atoms with Crippen LogP contribution < -0.4 is 4.74 Å². The number of likely N-dealkylation sites (tertiary alicyclic amines) is 1. The quantitative estimate of drug-likeness (QED) is 0.792. The van der Waals surface area contributed by atoms with Crippen LogP contribution in [-0.2, 0) is 6.42 Å². The molecule has 1 aliphatic rings. The Morgan fingerprint density at radius 3 is 2.41 bits per heavy atom. The standard InChI is InChI=1S/C15H23NO/c1-3-13-4-6-15(7-5-13)17-12-14-8-10-16(2)11-9-14/h4-7,14H,3,8-12H2,1-2H3. The van der Waals surface area contributed by atoms with Gasteiger partial charge in [0.15, 0.2) is 0 Å². The molecule has 0 amide bonds. The predicted molar refractivity (Wildman–Crippen MR) is 71.5 cm³/mol. The topological polar surface area (TPSA) is 12.5 Å². The first-order valence-corrected chi connectivity index (χ1v) is 6.68. The molecule has 0 spiro atoms. The summed E-state index contributed by atoms with van der Waals surface area (Å²) in [6.45, 7) is 5.47. The number of rotatable bonds is 4. The average molecular weight is 233 g/mol. The molecule has 1 aromatic carbocycles. The number of hydrogen-bond acceptors (Lipinski definition) is 2. The zero-order valence-electron chi connectivity index (χ0n) is 11.0. The minimum absolute atomic E-state index is 0.733. The summed E-state index contributed by atoms with van der Waals surface area (Å²) in [5.41, 5.74) is 1.37. The summed E-state index contributed by atoms with van der Waals surface area (Å²) < 4.78 is 5.86. The van der Waals surface area contributed by atoms with Crippen LogP contribution in [0.25, 0.3) is 0 Å². The van der Waals surface area contributed by atoms with Gasteiger partial charge in [-0.2, -0.15) is 0 Å². The van der Waals surface area contributed by atoms with Crippen molar-refractivity contribution in [3.63, 3.8) is 0 Å². The molecule has 1 heterocycles. The Morgan fingerprint density at radius 1 is 1.18 bits per heavy atom. The van der Waals surface area contributed by atoms with E-state index in [0.717, 1.165) is 24.7 Å². The molecule has 2 rings (SSSR count). The van der Waals surface area contributed by atoms with Crippen molar-refractivity contribution in [1.29, 1.82) is 0 Å². The van der Waals surface area contributed by atoms with Crippen LogP contribution >= 0.6 is 0 Å². The minimum Gasteiger partial charge on any atom is -0.493 e. The third kappa shape index (κ3) is 3.74. The molecular formula is C15H23NO. The van der Waals surface area contributed by atoms with E-state index >= 15 is 0 Å². The van der Waals surface area contributed by atoms with Crippen molar-refractivity contribution >= 4 is 0 Å². The Hall–Kier alpha value is -1.02. The van der Waals surface area contributed by atoms with Gasteiger partial charge in [-0.15, -0.1) is 0 Å². The lowest BCUT2D eigenvalue weighted by Gasteiger charge is -2.28. The van der Waals surface area contributed by atoms with Crippen molar-refractivity contribution in [1.82, 2.24) is 4.90 Å². The van der Waals surface area contributed by atoms with E-state index in [4.69, 9.17) is 4.74 Å². The zero-order valence-corrected chi connectivity index (χ0v) is 11.0. The lowest BCUT2D eigenvalue weighted by molar-refractivity contribution is 0.160. The van der Waals surface area contributed by atoms with Gasteiger partial charge < -0.3 is 9.64 Å². The second-order valence-corrected chi connectivity index (χ2v) is 5.06. The van der Waals surface area contributed by atoms with Crippen LogP contribution in [0.1, 0.15) is 25.3 Å². The van der Waals surface area contributed by atoms with Gasteiger partial charge in [0.1, 0.15) is 5.75 Å². The van der Waals surface area contributed by atoms with E-state index in [9.17, 15) is 0 Å². The molecule has 0 N–H and O–H groups in total. The summed E-state index contributed by atoms with van der Waals surface area (Å²) in [6, 6.07) is 8.50. The predicted octanol–water partition coefficient (Wildman–Crippen LogP) is 2.97. The van der Waals surface area contributed by atoms with Crippen LogP contribution in [0.2, 0.25) is 0 Å². The second kappa shape index (κ2) is 6.06. The Balaban J connectivity index is 1.77. The highest BCUT2D eigenvalue weighted by atomic mass is 16.5. The first-order valence-electron chi connectivity index (χ1n) is 6.68. The van der Waals surface area contributed by atoms with Crippen molar-refractivity contribution in [2.75, 3.05) is 26.7 Å². The maximum Gasteiger partial charge on any atom is 0.119 e. The second-order valence-electron chi connectivity index (χ2n) is 5.06. The molecule has 0 aromatic heterocycles. The normalized spacial score (nSPS) is 18.2. The molecule has 1 saturated heterocycles. The van der Waals surface area contributed by atoms with Crippen molar-refractivity contribution in [3.05, 3.63) is 29.8 Å². The molecule has 1 aliphatic heterocycles. The van der Waals surface area contributed by atoms with Gasteiger partial charge >= 0.3 is 0 Å². The molecular weight excluding hydrogens is 210 g/mol. The van der Waals surface area contributed by atoms with Crippen LogP contribution in [0.5, 0.6) is 5.75 Å². The molecule has 1 fully saturated rings. The fourth-order valence-electron chi connectivity index (χ4n) is 2.26. The van der Waals surface area contributed by atoms with Gasteiger partial charge in [-0.05, 0) is 63.0 Å². The Labute approximate surface area is 105 Å². The van der Waals surface area contributed by atoms with E-state index in [2.05, 4.69) is 43.1 Å². The highest BCUT2D eigenvalue weighted by Crippen LogP contribution is 2.19. The summed E-state index contributed by atoms with van der Waals surface area (Å²) in [5, 5.41) is 0. The van der Waals surface area contributed by atoms with E-state index in [-0.39, 0.29) is 0 Å². The summed E-state index contributed by atoms with van der Waals surface area (Å²) in [7, 11) is 2.19. The van der Waals surface area contributed by atoms with E-state index in [1.807, 2.05) is 0 Å². The number of hydrogen-bond donors (Lipinski definition) is 0. The van der Waals surface area contributed by atoms with Crippen LogP contribution in [0.4, 0.5) is 0 Å². The highest BCUT2D eigenvalue weighted by Gasteiger charge is 2.16. The highest BCUT2D eigenvalue weighted by molar-refractivity contribution is 5.27. The molecule has 0 saturated carbocycles. The van der Waals surface area contributed by atoms with E-state index < -0.39 is 0 Å². The molecule has 0 bridgehead atoms.